The highest BCUT2D eigenvalue weighted by atomic mass is 35.5. The van der Waals surface area contributed by atoms with E-state index in [-0.39, 0.29) is 30.7 Å². The fraction of sp³-hybridized carbons (Fsp3) is 0.467. The Morgan fingerprint density at radius 1 is 1.30 bits per heavy atom. The molecular formula is C15H19Cl2N3O2S. The minimum atomic E-state index is 0. The van der Waals surface area contributed by atoms with E-state index in [0.29, 0.717) is 17.8 Å². The predicted octanol–water partition coefficient (Wildman–Crippen LogP) is 3.21. The Balaban J connectivity index is 0.000000960. The molecule has 2 unspecified atom stereocenters. The van der Waals surface area contributed by atoms with E-state index in [4.69, 9.17) is 4.42 Å². The molecule has 2 saturated heterocycles. The molecule has 0 aliphatic carbocycles. The molecule has 4 heterocycles. The predicted molar refractivity (Wildman–Crippen MR) is 94.8 cm³/mol. The maximum Gasteiger partial charge on any atom is 0.273 e. The Morgan fingerprint density at radius 3 is 2.91 bits per heavy atom. The van der Waals surface area contributed by atoms with Crippen LogP contribution in [0.15, 0.2) is 28.4 Å². The summed E-state index contributed by atoms with van der Waals surface area (Å²) >= 11 is 1.49. The lowest BCUT2D eigenvalue weighted by Crippen LogP contribution is -2.39. The fourth-order valence-electron chi connectivity index (χ4n) is 3.18. The molecule has 5 nitrogen and oxygen atoms in total. The maximum absolute atomic E-state index is 12.6. The summed E-state index contributed by atoms with van der Waals surface area (Å²) in [4.78, 5) is 19.0. The zero-order valence-electron chi connectivity index (χ0n) is 12.4. The minimum absolute atomic E-state index is 0. The number of rotatable bonds is 2. The van der Waals surface area contributed by atoms with Crippen LogP contribution in [0.1, 0.15) is 29.8 Å². The molecule has 8 heteroatoms. The van der Waals surface area contributed by atoms with Gasteiger partial charge in [-0.2, -0.15) is 0 Å². The van der Waals surface area contributed by atoms with Crippen LogP contribution in [0.4, 0.5) is 0 Å². The third kappa shape index (κ3) is 3.71. The zero-order chi connectivity index (χ0) is 14.2. The van der Waals surface area contributed by atoms with Crippen molar-refractivity contribution in [2.75, 3.05) is 13.1 Å². The first-order valence-corrected chi connectivity index (χ1v) is 8.21. The van der Waals surface area contributed by atoms with Crippen LogP contribution in [-0.2, 0) is 0 Å². The standard InChI is InChI=1S/C15H17N3O2S.2ClH/c19-15(18-5-3-11-1-2-12(7-18)16-11)13-9-21-14(17-13)10-4-6-20-8-10;;/h4,6,8-9,11-12,16H,1-3,5,7H2;2*1H. The molecule has 2 bridgehead atoms. The lowest BCUT2D eigenvalue weighted by Gasteiger charge is -2.23. The van der Waals surface area contributed by atoms with Crippen LogP contribution in [-0.4, -0.2) is 41.0 Å². The van der Waals surface area contributed by atoms with E-state index in [0.717, 1.165) is 30.1 Å². The van der Waals surface area contributed by atoms with Crippen molar-refractivity contribution < 1.29 is 9.21 Å². The van der Waals surface area contributed by atoms with Crippen molar-refractivity contribution >= 4 is 42.1 Å². The van der Waals surface area contributed by atoms with Gasteiger partial charge < -0.3 is 14.6 Å². The lowest BCUT2D eigenvalue weighted by atomic mass is 10.1. The number of halogens is 2. The second kappa shape index (κ2) is 7.66. The summed E-state index contributed by atoms with van der Waals surface area (Å²) in [6, 6.07) is 2.90. The van der Waals surface area contributed by atoms with Crippen LogP contribution in [0.3, 0.4) is 0 Å². The number of hydrogen-bond acceptors (Lipinski definition) is 5. The first kappa shape index (κ1) is 18.3. The van der Waals surface area contributed by atoms with Crippen molar-refractivity contribution in [1.29, 1.82) is 0 Å². The summed E-state index contributed by atoms with van der Waals surface area (Å²) < 4.78 is 5.07. The summed E-state index contributed by atoms with van der Waals surface area (Å²) in [6.45, 7) is 1.62. The van der Waals surface area contributed by atoms with E-state index in [1.807, 2.05) is 16.3 Å². The van der Waals surface area contributed by atoms with Crippen LogP contribution in [0.25, 0.3) is 10.6 Å². The monoisotopic (exact) mass is 375 g/mol. The van der Waals surface area contributed by atoms with Crippen molar-refractivity contribution in [2.45, 2.75) is 31.3 Å². The first-order valence-electron chi connectivity index (χ1n) is 7.33. The summed E-state index contributed by atoms with van der Waals surface area (Å²) in [5.41, 5.74) is 1.48. The SMILES string of the molecule is Cl.Cl.O=C(c1csc(-c2ccoc2)n1)N1CCC2CCC(C1)N2. The van der Waals surface area contributed by atoms with Gasteiger partial charge in [-0.3, -0.25) is 4.79 Å². The number of aromatic nitrogens is 1. The van der Waals surface area contributed by atoms with Gasteiger partial charge in [0.25, 0.3) is 5.91 Å². The van der Waals surface area contributed by atoms with Crippen molar-refractivity contribution in [3.8, 4) is 10.6 Å². The van der Waals surface area contributed by atoms with Gasteiger partial charge in [0, 0.05) is 36.1 Å². The number of thiazole rings is 1. The molecule has 2 aliphatic heterocycles. The van der Waals surface area contributed by atoms with E-state index < -0.39 is 0 Å². The van der Waals surface area contributed by atoms with Crippen molar-refractivity contribution in [1.82, 2.24) is 15.2 Å². The Morgan fingerprint density at radius 2 is 2.13 bits per heavy atom. The normalized spacial score (nSPS) is 22.9. The molecule has 2 aromatic heterocycles. The van der Waals surface area contributed by atoms with E-state index >= 15 is 0 Å². The number of nitrogens with one attached hydrogen (secondary N) is 1. The number of fused-ring (bicyclic) bond motifs is 2. The number of carbonyl (C=O) groups excluding carboxylic acids is 1. The molecule has 2 aromatic rings. The number of likely N-dealkylation sites (tertiary alicyclic amines) is 1. The quantitative estimate of drug-likeness (QED) is 0.875. The van der Waals surface area contributed by atoms with E-state index in [9.17, 15) is 4.79 Å². The van der Waals surface area contributed by atoms with Crippen molar-refractivity contribution in [3.63, 3.8) is 0 Å². The third-order valence-corrected chi connectivity index (χ3v) is 5.19. The molecular weight excluding hydrogens is 357 g/mol. The molecule has 2 aliphatic rings. The van der Waals surface area contributed by atoms with E-state index in [1.165, 1.54) is 24.2 Å². The Hall–Kier alpha value is -1.08. The van der Waals surface area contributed by atoms with Crippen LogP contribution < -0.4 is 5.32 Å². The molecule has 4 rings (SSSR count). The van der Waals surface area contributed by atoms with Crippen LogP contribution >= 0.6 is 36.2 Å². The molecule has 2 fully saturated rings. The van der Waals surface area contributed by atoms with Gasteiger partial charge in [0.15, 0.2) is 0 Å². The molecule has 0 spiro atoms. The average Bonchev–Trinajstić information content (AvgIpc) is 3.17. The Bertz CT molecular complexity index is 647. The maximum atomic E-state index is 12.6. The van der Waals surface area contributed by atoms with Gasteiger partial charge >= 0.3 is 0 Å². The van der Waals surface area contributed by atoms with E-state index in [1.54, 1.807) is 12.5 Å². The zero-order valence-corrected chi connectivity index (χ0v) is 14.9. The highest BCUT2D eigenvalue weighted by Gasteiger charge is 2.32. The van der Waals surface area contributed by atoms with Gasteiger partial charge in [-0.25, -0.2) is 4.98 Å². The summed E-state index contributed by atoms with van der Waals surface area (Å²) in [5.74, 6) is 0.0512. The molecule has 0 radical (unpaired) electrons. The molecule has 23 heavy (non-hydrogen) atoms. The third-order valence-electron chi connectivity index (χ3n) is 4.30. The molecule has 1 amide bonds. The number of carbonyl (C=O) groups is 1. The molecule has 1 N–H and O–H groups in total. The largest absolute Gasteiger partial charge is 0.472 e. The summed E-state index contributed by atoms with van der Waals surface area (Å²) in [5, 5.41) is 6.28. The van der Waals surface area contributed by atoms with Gasteiger partial charge in [-0.15, -0.1) is 36.2 Å². The number of hydrogen-bond donors (Lipinski definition) is 1. The smallest absolute Gasteiger partial charge is 0.273 e. The van der Waals surface area contributed by atoms with Gasteiger partial charge in [0.05, 0.1) is 6.26 Å². The van der Waals surface area contributed by atoms with Crippen LogP contribution in [0, 0.1) is 0 Å². The van der Waals surface area contributed by atoms with Crippen molar-refractivity contribution in [2.24, 2.45) is 0 Å². The van der Waals surface area contributed by atoms with Crippen molar-refractivity contribution in [3.05, 3.63) is 29.7 Å². The summed E-state index contributed by atoms with van der Waals surface area (Å²) in [7, 11) is 0. The number of nitrogens with zero attached hydrogens (tertiary/aromatic N) is 2. The van der Waals surface area contributed by atoms with E-state index in [2.05, 4.69) is 10.3 Å². The number of amides is 1. The topological polar surface area (TPSA) is 58.4 Å². The van der Waals surface area contributed by atoms with Gasteiger partial charge in [0.1, 0.15) is 17.0 Å². The number of furan rings is 1. The van der Waals surface area contributed by atoms with Gasteiger partial charge in [-0.05, 0) is 25.3 Å². The van der Waals surface area contributed by atoms with Crippen LogP contribution in [0.5, 0.6) is 0 Å². The minimum Gasteiger partial charge on any atom is -0.472 e. The van der Waals surface area contributed by atoms with Gasteiger partial charge in [-0.1, -0.05) is 0 Å². The molecule has 0 saturated carbocycles. The molecule has 126 valence electrons. The second-order valence-corrected chi connectivity index (χ2v) is 6.59. The fourth-order valence-corrected chi connectivity index (χ4v) is 3.96. The Labute approximate surface area is 151 Å². The lowest BCUT2D eigenvalue weighted by molar-refractivity contribution is 0.0743. The average molecular weight is 376 g/mol. The van der Waals surface area contributed by atoms with Gasteiger partial charge in [0.2, 0.25) is 0 Å². The second-order valence-electron chi connectivity index (χ2n) is 5.73. The Kier molecular flexibility index (Phi) is 6.08. The highest BCUT2D eigenvalue weighted by molar-refractivity contribution is 7.13. The molecule has 2 atom stereocenters. The highest BCUT2D eigenvalue weighted by Crippen LogP contribution is 2.26. The molecule has 0 aromatic carbocycles. The first-order chi connectivity index (χ1) is 10.3. The summed E-state index contributed by atoms with van der Waals surface area (Å²) in [6.07, 6.45) is 6.73. The van der Waals surface area contributed by atoms with Crippen LogP contribution in [0.2, 0.25) is 0 Å².